The molecular weight excluding hydrogens is 160 g/mol. The maximum absolute atomic E-state index is 3.09. The highest BCUT2D eigenvalue weighted by Crippen LogP contribution is 2.17. The van der Waals surface area contributed by atoms with Crippen molar-refractivity contribution in [3.05, 3.63) is 29.3 Å². The highest BCUT2D eigenvalue weighted by molar-refractivity contribution is 5.55. The molecule has 0 amide bonds. The minimum atomic E-state index is 1.18. The Morgan fingerprint density at radius 2 is 1.46 bits per heavy atom. The van der Waals surface area contributed by atoms with Gasteiger partial charge in [-0.15, -0.1) is 0 Å². The summed E-state index contributed by atoms with van der Waals surface area (Å²) >= 11 is 0. The third-order valence-electron chi connectivity index (χ3n) is 1.73. The minimum absolute atomic E-state index is 1.18. The number of hydrazine groups is 1. The fourth-order valence-corrected chi connectivity index (χ4v) is 1.14. The molecule has 2 N–H and O–H groups in total. The van der Waals surface area contributed by atoms with E-state index in [4.69, 9.17) is 0 Å². The van der Waals surface area contributed by atoms with Crippen LogP contribution in [-0.2, 0) is 0 Å². The number of hydrogen-bond acceptors (Lipinski definition) is 2. The maximum atomic E-state index is 3.09. The van der Waals surface area contributed by atoms with Crippen molar-refractivity contribution in [2.24, 2.45) is 0 Å². The minimum Gasteiger partial charge on any atom is -0.321 e. The summed E-state index contributed by atoms with van der Waals surface area (Å²) in [7, 11) is 1.87. The second kappa shape index (κ2) is 6.49. The molecule has 0 saturated carbocycles. The lowest BCUT2D eigenvalue weighted by molar-refractivity contribution is 0.975. The van der Waals surface area contributed by atoms with E-state index < -0.39 is 0 Å². The maximum Gasteiger partial charge on any atom is 0.0545 e. The van der Waals surface area contributed by atoms with Crippen molar-refractivity contribution in [2.45, 2.75) is 27.7 Å². The molecule has 0 aromatic heterocycles. The van der Waals surface area contributed by atoms with Crippen molar-refractivity contribution in [3.8, 4) is 0 Å². The first-order valence-electron chi connectivity index (χ1n) is 4.74. The quantitative estimate of drug-likeness (QED) is 0.684. The van der Waals surface area contributed by atoms with Gasteiger partial charge in [-0.1, -0.05) is 32.0 Å². The Morgan fingerprint density at radius 1 is 1.00 bits per heavy atom. The highest BCUT2D eigenvalue weighted by Gasteiger charge is 1.97. The molecule has 0 unspecified atom stereocenters. The summed E-state index contributed by atoms with van der Waals surface area (Å²) in [5.41, 5.74) is 9.71. The molecule has 0 aliphatic rings. The Labute approximate surface area is 81.3 Å². The standard InChI is InChI=1S/C9H14N2.C2H6/c1-7-5-4-6-8(2)9(7)11-10-3;1-2/h4-6,10-11H,1-3H3;1-2H3. The van der Waals surface area contributed by atoms with Gasteiger partial charge in [-0.05, 0) is 25.0 Å². The number of rotatable bonds is 2. The largest absolute Gasteiger partial charge is 0.321 e. The van der Waals surface area contributed by atoms with E-state index >= 15 is 0 Å². The molecule has 13 heavy (non-hydrogen) atoms. The Bertz CT molecular complexity index is 224. The van der Waals surface area contributed by atoms with Gasteiger partial charge in [0.25, 0.3) is 0 Å². The number of aryl methyl sites for hydroxylation is 2. The van der Waals surface area contributed by atoms with Crippen LogP contribution in [-0.4, -0.2) is 7.05 Å². The molecule has 0 aliphatic heterocycles. The third kappa shape index (κ3) is 3.47. The fraction of sp³-hybridized carbons (Fsp3) is 0.455. The summed E-state index contributed by atoms with van der Waals surface area (Å²) in [6.07, 6.45) is 0. The van der Waals surface area contributed by atoms with E-state index in [1.165, 1.54) is 16.8 Å². The van der Waals surface area contributed by atoms with Crippen molar-refractivity contribution in [2.75, 3.05) is 12.5 Å². The molecule has 1 aromatic rings. The summed E-state index contributed by atoms with van der Waals surface area (Å²) in [5, 5.41) is 0. The molecule has 0 fully saturated rings. The molecule has 2 heteroatoms. The second-order valence-corrected chi connectivity index (χ2v) is 2.64. The summed E-state index contributed by atoms with van der Waals surface area (Å²) in [4.78, 5) is 0. The predicted octanol–water partition coefficient (Wildman–Crippen LogP) is 2.88. The van der Waals surface area contributed by atoms with Crippen LogP contribution in [0.25, 0.3) is 0 Å². The van der Waals surface area contributed by atoms with E-state index in [9.17, 15) is 0 Å². The molecule has 74 valence electrons. The van der Waals surface area contributed by atoms with Crippen molar-refractivity contribution in [3.63, 3.8) is 0 Å². The van der Waals surface area contributed by atoms with E-state index in [1.807, 2.05) is 20.9 Å². The second-order valence-electron chi connectivity index (χ2n) is 2.64. The first kappa shape index (κ1) is 12.0. The van der Waals surface area contributed by atoms with Gasteiger partial charge in [-0.3, -0.25) is 0 Å². The fourth-order valence-electron chi connectivity index (χ4n) is 1.14. The first-order valence-corrected chi connectivity index (χ1v) is 4.74. The number of anilines is 1. The third-order valence-corrected chi connectivity index (χ3v) is 1.73. The van der Waals surface area contributed by atoms with Gasteiger partial charge in [0.15, 0.2) is 0 Å². The highest BCUT2D eigenvalue weighted by atomic mass is 15.3. The van der Waals surface area contributed by atoms with Crippen LogP contribution in [0.4, 0.5) is 5.69 Å². The Hall–Kier alpha value is -1.02. The van der Waals surface area contributed by atoms with Crippen LogP contribution in [0, 0.1) is 13.8 Å². The van der Waals surface area contributed by atoms with Gasteiger partial charge in [-0.2, -0.15) is 0 Å². The van der Waals surface area contributed by atoms with E-state index in [-0.39, 0.29) is 0 Å². The van der Waals surface area contributed by atoms with E-state index in [0.29, 0.717) is 0 Å². The molecule has 0 heterocycles. The van der Waals surface area contributed by atoms with E-state index in [1.54, 1.807) is 0 Å². The zero-order chi connectivity index (χ0) is 10.3. The molecule has 0 bridgehead atoms. The lowest BCUT2D eigenvalue weighted by Crippen LogP contribution is -2.16. The summed E-state index contributed by atoms with van der Waals surface area (Å²) in [5.74, 6) is 0. The topological polar surface area (TPSA) is 24.1 Å². The van der Waals surface area contributed by atoms with Gasteiger partial charge in [-0.25, -0.2) is 5.43 Å². The van der Waals surface area contributed by atoms with Gasteiger partial charge < -0.3 is 5.43 Å². The predicted molar refractivity (Wildman–Crippen MR) is 59.9 cm³/mol. The average molecular weight is 180 g/mol. The normalized spacial score (nSPS) is 8.69. The van der Waals surface area contributed by atoms with Crippen LogP contribution < -0.4 is 10.9 Å². The van der Waals surface area contributed by atoms with Crippen molar-refractivity contribution in [1.82, 2.24) is 5.43 Å². The van der Waals surface area contributed by atoms with Gasteiger partial charge in [0.2, 0.25) is 0 Å². The van der Waals surface area contributed by atoms with Gasteiger partial charge in [0.1, 0.15) is 0 Å². The smallest absolute Gasteiger partial charge is 0.0545 e. The SMILES string of the molecule is CC.CNNc1c(C)cccc1C. The monoisotopic (exact) mass is 180 g/mol. The molecule has 0 aliphatic carbocycles. The van der Waals surface area contributed by atoms with Crippen LogP contribution in [0.15, 0.2) is 18.2 Å². The van der Waals surface area contributed by atoms with Gasteiger partial charge >= 0.3 is 0 Å². The molecule has 2 nitrogen and oxygen atoms in total. The Morgan fingerprint density at radius 3 is 1.85 bits per heavy atom. The van der Waals surface area contributed by atoms with Crippen LogP contribution >= 0.6 is 0 Å². The molecule has 0 spiro atoms. The van der Waals surface area contributed by atoms with Crippen LogP contribution in [0.3, 0.4) is 0 Å². The zero-order valence-corrected chi connectivity index (χ0v) is 9.23. The molecule has 0 saturated heterocycles. The molecule has 1 rings (SSSR count). The molecule has 1 aromatic carbocycles. The van der Waals surface area contributed by atoms with Crippen LogP contribution in [0.5, 0.6) is 0 Å². The number of nitrogens with one attached hydrogen (secondary N) is 2. The first-order chi connectivity index (χ1) is 6.25. The summed E-state index contributed by atoms with van der Waals surface area (Å²) in [6, 6.07) is 6.24. The van der Waals surface area contributed by atoms with Gasteiger partial charge in [0.05, 0.1) is 5.69 Å². The van der Waals surface area contributed by atoms with Gasteiger partial charge in [0, 0.05) is 7.05 Å². The number of para-hydroxylation sites is 1. The number of benzene rings is 1. The van der Waals surface area contributed by atoms with Crippen molar-refractivity contribution in [1.29, 1.82) is 0 Å². The average Bonchev–Trinajstić information content (AvgIpc) is 2.15. The van der Waals surface area contributed by atoms with E-state index in [0.717, 1.165) is 0 Å². The summed E-state index contributed by atoms with van der Waals surface area (Å²) < 4.78 is 0. The number of hydrogen-bond donors (Lipinski definition) is 2. The van der Waals surface area contributed by atoms with E-state index in [2.05, 4.69) is 42.9 Å². The van der Waals surface area contributed by atoms with Crippen molar-refractivity contribution < 1.29 is 0 Å². The zero-order valence-electron chi connectivity index (χ0n) is 9.23. The lowest BCUT2D eigenvalue weighted by atomic mass is 10.1. The van der Waals surface area contributed by atoms with Crippen LogP contribution in [0.2, 0.25) is 0 Å². The van der Waals surface area contributed by atoms with Crippen molar-refractivity contribution >= 4 is 5.69 Å². The summed E-state index contributed by atoms with van der Waals surface area (Å²) in [6.45, 7) is 8.18. The molecule has 0 atom stereocenters. The lowest BCUT2D eigenvalue weighted by Gasteiger charge is -2.10. The molecule has 0 radical (unpaired) electrons. The molecular formula is C11H20N2. The van der Waals surface area contributed by atoms with Crippen LogP contribution in [0.1, 0.15) is 25.0 Å². The Balaban J connectivity index is 0.000000671. The Kier molecular flexibility index (Phi) is 5.98.